The van der Waals surface area contributed by atoms with E-state index in [-0.39, 0.29) is 0 Å². The molecular weight excluding hydrogens is 176 g/mol. The van der Waals surface area contributed by atoms with Crippen LogP contribution in [0, 0.1) is 11.3 Å². The lowest BCUT2D eigenvalue weighted by Crippen LogP contribution is -2.43. The van der Waals surface area contributed by atoms with Crippen LogP contribution < -0.4 is 10.2 Å². The third-order valence-corrected chi connectivity index (χ3v) is 2.38. The van der Waals surface area contributed by atoms with Gasteiger partial charge in [-0.25, -0.2) is 0 Å². The zero-order valence-corrected chi connectivity index (χ0v) is 7.90. The number of nitriles is 1. The summed E-state index contributed by atoms with van der Waals surface area (Å²) in [6, 6.07) is 4.07. The fourth-order valence-corrected chi connectivity index (χ4v) is 1.65. The Morgan fingerprint density at radius 2 is 2.21 bits per heavy atom. The number of aromatic nitrogens is 1. The van der Waals surface area contributed by atoms with E-state index in [9.17, 15) is 0 Å². The lowest BCUT2D eigenvalue weighted by atomic mass is 10.2. The van der Waals surface area contributed by atoms with Crippen molar-refractivity contribution in [2.45, 2.75) is 0 Å². The molecule has 4 heteroatoms. The molecule has 0 amide bonds. The number of hydrogen-bond donors (Lipinski definition) is 1. The van der Waals surface area contributed by atoms with Gasteiger partial charge in [-0.3, -0.25) is 4.98 Å². The summed E-state index contributed by atoms with van der Waals surface area (Å²) in [7, 11) is 0. The Bertz CT molecular complexity index is 349. The van der Waals surface area contributed by atoms with Crippen LogP contribution in [0.2, 0.25) is 0 Å². The van der Waals surface area contributed by atoms with Crippen molar-refractivity contribution in [3.05, 3.63) is 24.0 Å². The highest BCUT2D eigenvalue weighted by molar-refractivity contribution is 5.58. The molecule has 72 valence electrons. The summed E-state index contributed by atoms with van der Waals surface area (Å²) < 4.78 is 0. The normalized spacial score (nSPS) is 16.4. The van der Waals surface area contributed by atoms with E-state index in [1.807, 2.05) is 6.07 Å². The highest BCUT2D eigenvalue weighted by Crippen LogP contribution is 2.18. The molecule has 0 aliphatic carbocycles. The van der Waals surface area contributed by atoms with Crippen LogP contribution >= 0.6 is 0 Å². The van der Waals surface area contributed by atoms with Crippen molar-refractivity contribution in [2.75, 3.05) is 31.1 Å². The molecular formula is C10H12N4. The summed E-state index contributed by atoms with van der Waals surface area (Å²) >= 11 is 0. The zero-order valence-electron chi connectivity index (χ0n) is 7.90. The highest BCUT2D eigenvalue weighted by Gasteiger charge is 2.13. The van der Waals surface area contributed by atoms with Crippen molar-refractivity contribution < 1.29 is 0 Å². The average Bonchev–Trinajstić information content (AvgIpc) is 2.30. The van der Waals surface area contributed by atoms with Crippen molar-refractivity contribution in [3.8, 4) is 6.07 Å². The molecule has 0 unspecified atom stereocenters. The van der Waals surface area contributed by atoms with E-state index < -0.39 is 0 Å². The van der Waals surface area contributed by atoms with Gasteiger partial charge in [-0.2, -0.15) is 5.26 Å². The summed E-state index contributed by atoms with van der Waals surface area (Å²) in [5.41, 5.74) is 1.67. The van der Waals surface area contributed by atoms with Crippen LogP contribution in [-0.2, 0) is 0 Å². The van der Waals surface area contributed by atoms with Gasteiger partial charge in [-0.15, -0.1) is 0 Å². The fourth-order valence-electron chi connectivity index (χ4n) is 1.65. The Balaban J connectivity index is 2.26. The molecule has 2 rings (SSSR count). The number of hydrogen-bond acceptors (Lipinski definition) is 4. The average molecular weight is 188 g/mol. The minimum atomic E-state index is 0.661. The first-order valence-corrected chi connectivity index (χ1v) is 4.71. The number of nitrogens with zero attached hydrogens (tertiary/aromatic N) is 3. The lowest BCUT2D eigenvalue weighted by molar-refractivity contribution is 0.589. The highest BCUT2D eigenvalue weighted by atomic mass is 15.2. The Morgan fingerprint density at radius 1 is 1.43 bits per heavy atom. The number of anilines is 1. The Morgan fingerprint density at radius 3 is 2.93 bits per heavy atom. The van der Waals surface area contributed by atoms with Gasteiger partial charge in [0.15, 0.2) is 0 Å². The number of rotatable bonds is 1. The van der Waals surface area contributed by atoms with Gasteiger partial charge < -0.3 is 10.2 Å². The van der Waals surface area contributed by atoms with Gasteiger partial charge in [-0.1, -0.05) is 0 Å². The minimum absolute atomic E-state index is 0.661. The molecule has 0 spiro atoms. The van der Waals surface area contributed by atoms with Crippen LogP contribution in [-0.4, -0.2) is 31.2 Å². The molecule has 0 radical (unpaired) electrons. The third-order valence-electron chi connectivity index (χ3n) is 2.38. The Kier molecular flexibility index (Phi) is 2.61. The van der Waals surface area contributed by atoms with Crippen molar-refractivity contribution in [2.24, 2.45) is 0 Å². The molecule has 1 aromatic heterocycles. The quantitative estimate of drug-likeness (QED) is 0.691. The summed E-state index contributed by atoms with van der Waals surface area (Å²) in [6.45, 7) is 3.87. The largest absolute Gasteiger partial charge is 0.368 e. The first-order chi connectivity index (χ1) is 6.92. The topological polar surface area (TPSA) is 52.0 Å². The molecule has 4 nitrogen and oxygen atoms in total. The predicted molar refractivity (Wildman–Crippen MR) is 54.0 cm³/mol. The lowest BCUT2D eigenvalue weighted by Gasteiger charge is -2.29. The molecule has 1 aliphatic rings. The molecule has 1 N–H and O–H groups in total. The monoisotopic (exact) mass is 188 g/mol. The summed E-state index contributed by atoms with van der Waals surface area (Å²) in [6.07, 6.45) is 3.36. The molecule has 14 heavy (non-hydrogen) atoms. The van der Waals surface area contributed by atoms with Crippen molar-refractivity contribution in [3.63, 3.8) is 0 Å². The van der Waals surface area contributed by atoms with E-state index in [0.29, 0.717) is 5.56 Å². The number of pyridine rings is 1. The van der Waals surface area contributed by atoms with Crippen LogP contribution in [0.3, 0.4) is 0 Å². The number of piperazine rings is 1. The third kappa shape index (κ3) is 1.68. The molecule has 1 fully saturated rings. The van der Waals surface area contributed by atoms with Gasteiger partial charge in [0, 0.05) is 38.6 Å². The molecule has 0 bridgehead atoms. The first kappa shape index (κ1) is 8.97. The Hall–Kier alpha value is -1.60. The maximum Gasteiger partial charge on any atom is 0.103 e. The van der Waals surface area contributed by atoms with Crippen molar-refractivity contribution >= 4 is 5.69 Å². The second kappa shape index (κ2) is 4.07. The summed E-state index contributed by atoms with van der Waals surface area (Å²) in [5, 5.41) is 12.2. The Labute approximate surface area is 83.2 Å². The smallest absolute Gasteiger partial charge is 0.103 e. The van der Waals surface area contributed by atoms with Gasteiger partial charge in [-0.05, 0) is 6.07 Å². The summed E-state index contributed by atoms with van der Waals surface area (Å²) in [4.78, 5) is 6.17. The van der Waals surface area contributed by atoms with Gasteiger partial charge >= 0.3 is 0 Å². The maximum atomic E-state index is 8.92. The molecule has 0 saturated carbocycles. The van der Waals surface area contributed by atoms with E-state index in [1.165, 1.54) is 0 Å². The van der Waals surface area contributed by atoms with Crippen LogP contribution in [0.5, 0.6) is 0 Å². The van der Waals surface area contributed by atoms with Gasteiger partial charge in [0.25, 0.3) is 0 Å². The van der Waals surface area contributed by atoms with Gasteiger partial charge in [0.1, 0.15) is 6.07 Å². The fraction of sp³-hybridized carbons (Fsp3) is 0.400. The maximum absolute atomic E-state index is 8.92. The molecule has 1 aliphatic heterocycles. The molecule has 1 saturated heterocycles. The molecule has 1 aromatic rings. The molecule has 2 heterocycles. The van der Waals surface area contributed by atoms with Gasteiger partial charge in [0.2, 0.25) is 0 Å². The van der Waals surface area contributed by atoms with E-state index >= 15 is 0 Å². The van der Waals surface area contributed by atoms with Crippen molar-refractivity contribution in [1.82, 2.24) is 10.3 Å². The molecule has 0 aromatic carbocycles. The second-order valence-corrected chi connectivity index (χ2v) is 3.24. The van der Waals surface area contributed by atoms with E-state index in [0.717, 1.165) is 31.9 Å². The number of nitrogens with one attached hydrogen (secondary N) is 1. The van der Waals surface area contributed by atoms with E-state index in [1.54, 1.807) is 12.4 Å². The van der Waals surface area contributed by atoms with Crippen LogP contribution in [0.15, 0.2) is 18.5 Å². The van der Waals surface area contributed by atoms with Crippen molar-refractivity contribution in [1.29, 1.82) is 5.26 Å². The first-order valence-electron chi connectivity index (χ1n) is 4.71. The van der Waals surface area contributed by atoms with Crippen LogP contribution in [0.4, 0.5) is 5.69 Å². The standard InChI is InChI=1S/C10H12N4/c11-7-9-8-13-2-1-10(9)14-5-3-12-4-6-14/h1-2,8,12H,3-6H2. The SMILES string of the molecule is N#Cc1cnccc1N1CCNCC1. The van der Waals surface area contributed by atoms with Gasteiger partial charge in [0.05, 0.1) is 11.3 Å². The predicted octanol–water partition coefficient (Wildman–Crippen LogP) is 0.363. The van der Waals surface area contributed by atoms with E-state index in [4.69, 9.17) is 5.26 Å². The molecule has 0 atom stereocenters. The van der Waals surface area contributed by atoms with Crippen LogP contribution in [0.1, 0.15) is 5.56 Å². The van der Waals surface area contributed by atoms with Crippen LogP contribution in [0.25, 0.3) is 0 Å². The van der Waals surface area contributed by atoms with E-state index in [2.05, 4.69) is 21.3 Å². The zero-order chi connectivity index (χ0) is 9.80. The minimum Gasteiger partial charge on any atom is -0.368 e. The second-order valence-electron chi connectivity index (χ2n) is 3.24. The summed E-state index contributed by atoms with van der Waals surface area (Å²) in [5.74, 6) is 0.